The van der Waals surface area contributed by atoms with Crippen molar-refractivity contribution < 1.29 is 23.8 Å². The summed E-state index contributed by atoms with van der Waals surface area (Å²) in [7, 11) is 0. The molecule has 1 amide bonds. The second-order valence-corrected chi connectivity index (χ2v) is 9.85. The Hall–Kier alpha value is -3.81. The molecule has 1 saturated heterocycles. The molecule has 2 aromatic carbocycles. The highest BCUT2D eigenvalue weighted by Gasteiger charge is 2.30. The number of amides is 1. The van der Waals surface area contributed by atoms with Crippen LogP contribution >= 0.6 is 0 Å². The molecule has 1 aliphatic rings. The summed E-state index contributed by atoms with van der Waals surface area (Å²) in [6, 6.07) is 17.0. The molecule has 2 heterocycles. The monoisotopic (exact) mass is 491 g/mol. The number of rotatable bonds is 7. The van der Waals surface area contributed by atoms with Gasteiger partial charge in [0, 0.05) is 31.4 Å². The molecule has 0 bridgehead atoms. The SMILES string of the molecule is CCOC(=O)c1cn(CC2CCN(C(=O)OC(C)(C)C)C2)nc1-c1ccc(Oc2ccccc2)cc1. The predicted octanol–water partition coefficient (Wildman–Crippen LogP) is 5.78. The minimum absolute atomic E-state index is 0.210. The maximum absolute atomic E-state index is 12.7. The number of aromatic nitrogens is 2. The second-order valence-electron chi connectivity index (χ2n) is 9.85. The first-order valence-electron chi connectivity index (χ1n) is 12.3. The van der Waals surface area contributed by atoms with Crippen molar-refractivity contribution in [2.45, 2.75) is 46.3 Å². The molecule has 1 aromatic heterocycles. The van der Waals surface area contributed by atoms with Gasteiger partial charge < -0.3 is 19.1 Å². The van der Waals surface area contributed by atoms with Crippen LogP contribution in [0.3, 0.4) is 0 Å². The summed E-state index contributed by atoms with van der Waals surface area (Å²) in [5, 5.41) is 4.73. The van der Waals surface area contributed by atoms with Gasteiger partial charge in [0.15, 0.2) is 0 Å². The molecule has 0 aliphatic carbocycles. The molecule has 0 saturated carbocycles. The zero-order valence-electron chi connectivity index (χ0n) is 21.3. The van der Waals surface area contributed by atoms with Gasteiger partial charge in [0.05, 0.1) is 6.61 Å². The summed E-state index contributed by atoms with van der Waals surface area (Å²) in [5.41, 5.74) is 1.23. The Morgan fingerprint density at radius 1 is 1.03 bits per heavy atom. The lowest BCUT2D eigenvalue weighted by Crippen LogP contribution is -2.35. The zero-order chi connectivity index (χ0) is 25.7. The maximum Gasteiger partial charge on any atom is 0.410 e. The third kappa shape index (κ3) is 6.44. The van der Waals surface area contributed by atoms with Gasteiger partial charge in [0.1, 0.15) is 28.4 Å². The number of benzene rings is 2. The molecule has 1 aliphatic heterocycles. The number of hydrogen-bond acceptors (Lipinski definition) is 6. The van der Waals surface area contributed by atoms with E-state index in [1.54, 1.807) is 22.7 Å². The molecular weight excluding hydrogens is 458 g/mol. The van der Waals surface area contributed by atoms with Crippen LogP contribution in [0.25, 0.3) is 11.3 Å². The van der Waals surface area contributed by atoms with Gasteiger partial charge in [0.25, 0.3) is 0 Å². The highest BCUT2D eigenvalue weighted by atomic mass is 16.6. The van der Waals surface area contributed by atoms with E-state index in [-0.39, 0.29) is 18.6 Å². The highest BCUT2D eigenvalue weighted by molar-refractivity contribution is 5.96. The Morgan fingerprint density at radius 2 is 1.72 bits per heavy atom. The third-order valence-electron chi connectivity index (χ3n) is 5.75. The summed E-state index contributed by atoms with van der Waals surface area (Å²) in [6.07, 6.45) is 2.28. The number of para-hydroxylation sites is 1. The van der Waals surface area contributed by atoms with Crippen molar-refractivity contribution in [3.05, 3.63) is 66.4 Å². The van der Waals surface area contributed by atoms with Crippen molar-refractivity contribution in [1.29, 1.82) is 0 Å². The minimum Gasteiger partial charge on any atom is -0.462 e. The van der Waals surface area contributed by atoms with E-state index in [9.17, 15) is 9.59 Å². The van der Waals surface area contributed by atoms with Crippen molar-refractivity contribution in [1.82, 2.24) is 14.7 Å². The average Bonchev–Trinajstić information content (AvgIpc) is 3.47. The number of ether oxygens (including phenoxy) is 3. The molecule has 1 fully saturated rings. The molecule has 1 atom stereocenters. The van der Waals surface area contributed by atoms with E-state index in [4.69, 9.17) is 19.3 Å². The van der Waals surface area contributed by atoms with Crippen LogP contribution in [0, 0.1) is 5.92 Å². The van der Waals surface area contributed by atoms with Crippen molar-refractivity contribution in [2.24, 2.45) is 5.92 Å². The Bertz CT molecular complexity index is 1180. The van der Waals surface area contributed by atoms with Gasteiger partial charge in [-0.2, -0.15) is 5.10 Å². The highest BCUT2D eigenvalue weighted by Crippen LogP contribution is 2.28. The second kappa shape index (κ2) is 10.8. The fourth-order valence-corrected chi connectivity index (χ4v) is 4.13. The Kier molecular flexibility index (Phi) is 7.62. The third-order valence-corrected chi connectivity index (χ3v) is 5.75. The van der Waals surface area contributed by atoms with E-state index in [0.29, 0.717) is 36.6 Å². The lowest BCUT2D eigenvalue weighted by atomic mass is 10.1. The van der Waals surface area contributed by atoms with Gasteiger partial charge in [-0.1, -0.05) is 18.2 Å². The molecule has 36 heavy (non-hydrogen) atoms. The van der Waals surface area contributed by atoms with Gasteiger partial charge in [-0.15, -0.1) is 0 Å². The van der Waals surface area contributed by atoms with Gasteiger partial charge in [0.2, 0.25) is 0 Å². The molecule has 1 unspecified atom stereocenters. The number of carbonyl (C=O) groups is 2. The lowest BCUT2D eigenvalue weighted by Gasteiger charge is -2.24. The fraction of sp³-hybridized carbons (Fsp3) is 0.393. The summed E-state index contributed by atoms with van der Waals surface area (Å²) in [6.45, 7) is 9.46. The number of nitrogens with zero attached hydrogens (tertiary/aromatic N) is 3. The molecule has 0 N–H and O–H groups in total. The number of carbonyl (C=O) groups excluding carboxylic acids is 2. The normalized spacial score (nSPS) is 15.6. The molecule has 190 valence electrons. The van der Waals surface area contributed by atoms with Crippen LogP contribution in [-0.2, 0) is 16.0 Å². The van der Waals surface area contributed by atoms with Crippen LogP contribution in [-0.4, -0.2) is 52.0 Å². The van der Waals surface area contributed by atoms with Crippen LogP contribution < -0.4 is 4.74 Å². The van der Waals surface area contributed by atoms with Gasteiger partial charge in [-0.3, -0.25) is 4.68 Å². The summed E-state index contributed by atoms with van der Waals surface area (Å²) < 4.78 is 18.4. The van der Waals surface area contributed by atoms with Gasteiger partial charge >= 0.3 is 12.1 Å². The predicted molar refractivity (Wildman–Crippen MR) is 136 cm³/mol. The largest absolute Gasteiger partial charge is 0.462 e. The molecule has 4 rings (SSSR count). The molecule has 3 aromatic rings. The van der Waals surface area contributed by atoms with Crippen LogP contribution in [0.5, 0.6) is 11.5 Å². The van der Waals surface area contributed by atoms with E-state index >= 15 is 0 Å². The lowest BCUT2D eigenvalue weighted by molar-refractivity contribution is 0.0286. The van der Waals surface area contributed by atoms with E-state index < -0.39 is 11.6 Å². The first-order chi connectivity index (χ1) is 17.2. The van der Waals surface area contributed by atoms with E-state index in [1.165, 1.54) is 0 Å². The first kappa shape index (κ1) is 25.3. The fourth-order valence-electron chi connectivity index (χ4n) is 4.13. The van der Waals surface area contributed by atoms with Crippen molar-refractivity contribution >= 4 is 12.1 Å². The van der Waals surface area contributed by atoms with E-state index in [2.05, 4.69) is 0 Å². The summed E-state index contributed by atoms with van der Waals surface area (Å²) >= 11 is 0. The Morgan fingerprint density at radius 3 is 2.39 bits per heavy atom. The average molecular weight is 492 g/mol. The standard InChI is InChI=1S/C28H33N3O5/c1-5-34-26(32)24-19-31(18-20-15-16-30(17-20)27(33)36-28(2,3)4)29-25(24)21-11-13-23(14-12-21)35-22-9-7-6-8-10-22/h6-14,19-20H,5,15-18H2,1-4H3. The van der Waals surface area contributed by atoms with E-state index in [0.717, 1.165) is 17.7 Å². The topological polar surface area (TPSA) is 82.9 Å². The zero-order valence-corrected chi connectivity index (χ0v) is 21.3. The molecule has 8 heteroatoms. The molecule has 0 radical (unpaired) electrons. The van der Waals surface area contributed by atoms with Crippen LogP contribution in [0.4, 0.5) is 4.79 Å². The van der Waals surface area contributed by atoms with Gasteiger partial charge in [-0.25, -0.2) is 9.59 Å². The molecular formula is C28H33N3O5. The Balaban J connectivity index is 1.49. The van der Waals surface area contributed by atoms with Crippen molar-refractivity contribution in [3.8, 4) is 22.8 Å². The maximum atomic E-state index is 12.7. The number of likely N-dealkylation sites (tertiary alicyclic amines) is 1. The van der Waals surface area contributed by atoms with Crippen molar-refractivity contribution in [3.63, 3.8) is 0 Å². The summed E-state index contributed by atoms with van der Waals surface area (Å²) in [4.78, 5) is 26.9. The first-order valence-corrected chi connectivity index (χ1v) is 12.3. The number of hydrogen-bond donors (Lipinski definition) is 0. The van der Waals surface area contributed by atoms with Crippen molar-refractivity contribution in [2.75, 3.05) is 19.7 Å². The Labute approximate surface area is 211 Å². The quantitative estimate of drug-likeness (QED) is 0.390. The van der Waals surface area contributed by atoms with Crippen LogP contribution in [0.2, 0.25) is 0 Å². The molecule has 8 nitrogen and oxygen atoms in total. The molecule has 0 spiro atoms. The summed E-state index contributed by atoms with van der Waals surface area (Å²) in [5.74, 6) is 1.24. The minimum atomic E-state index is -0.526. The van der Waals surface area contributed by atoms with Crippen LogP contribution in [0.15, 0.2) is 60.8 Å². The smallest absolute Gasteiger partial charge is 0.410 e. The number of esters is 1. The van der Waals surface area contributed by atoms with Gasteiger partial charge in [-0.05, 0) is 76.4 Å². The van der Waals surface area contributed by atoms with Crippen LogP contribution in [0.1, 0.15) is 44.5 Å². The van der Waals surface area contributed by atoms with E-state index in [1.807, 2.05) is 75.4 Å².